The minimum absolute atomic E-state index is 0.0234. The third kappa shape index (κ3) is 10.8. The monoisotopic (exact) mass is 470 g/mol. The minimum Gasteiger partial charge on any atom is -0.480 e. The molecule has 2 aliphatic rings. The van der Waals surface area contributed by atoms with Crippen molar-refractivity contribution in [1.29, 1.82) is 0 Å². The van der Waals surface area contributed by atoms with E-state index in [1.165, 1.54) is 31.9 Å². The second kappa shape index (κ2) is 15.4. The highest BCUT2D eigenvalue weighted by atomic mass is 17.2. The lowest BCUT2D eigenvalue weighted by Crippen LogP contribution is -2.37. The van der Waals surface area contributed by atoms with Gasteiger partial charge in [-0.25, -0.2) is 14.4 Å². The number of carbonyl (C=O) groups is 4. The number of carbonyl (C=O) groups excluding carboxylic acids is 3. The Kier molecular flexibility index (Phi) is 13.4. The van der Waals surface area contributed by atoms with Gasteiger partial charge in [-0.15, -0.1) is 0 Å². The Morgan fingerprint density at radius 1 is 0.848 bits per heavy atom. The predicted molar refractivity (Wildman–Crippen MR) is 119 cm³/mol. The van der Waals surface area contributed by atoms with Crippen LogP contribution in [0.2, 0.25) is 0 Å². The van der Waals surface area contributed by atoms with E-state index < -0.39 is 29.3 Å². The molecule has 2 aliphatic carbocycles. The zero-order chi connectivity index (χ0) is 24.7. The van der Waals surface area contributed by atoms with Crippen molar-refractivity contribution in [2.75, 3.05) is 7.11 Å². The molecule has 0 aromatic carbocycles. The van der Waals surface area contributed by atoms with E-state index in [4.69, 9.17) is 14.6 Å². The van der Waals surface area contributed by atoms with E-state index in [2.05, 4.69) is 9.78 Å². The Hall–Kier alpha value is -2.42. The van der Waals surface area contributed by atoms with Crippen LogP contribution in [0.4, 0.5) is 0 Å². The summed E-state index contributed by atoms with van der Waals surface area (Å²) < 4.78 is 10.6. The van der Waals surface area contributed by atoms with Gasteiger partial charge >= 0.3 is 23.9 Å². The quantitative estimate of drug-likeness (QED) is 0.173. The van der Waals surface area contributed by atoms with Gasteiger partial charge in [0.25, 0.3) is 0 Å². The van der Waals surface area contributed by atoms with Crippen LogP contribution in [0.5, 0.6) is 0 Å². The van der Waals surface area contributed by atoms with Crippen molar-refractivity contribution < 1.29 is 43.5 Å². The van der Waals surface area contributed by atoms with E-state index in [0.29, 0.717) is 6.42 Å². The highest BCUT2D eigenvalue weighted by molar-refractivity contribution is 5.98. The molecular formula is C24H38O9. The second-order valence-electron chi connectivity index (χ2n) is 8.65. The van der Waals surface area contributed by atoms with Crippen molar-refractivity contribution in [3.05, 3.63) is 12.2 Å². The van der Waals surface area contributed by atoms with Crippen LogP contribution in [0.1, 0.15) is 90.9 Å². The normalized spacial score (nSPS) is 19.0. The Morgan fingerprint density at radius 2 is 1.27 bits per heavy atom. The van der Waals surface area contributed by atoms with Gasteiger partial charge in [0.15, 0.2) is 5.41 Å². The van der Waals surface area contributed by atoms with Crippen molar-refractivity contribution in [2.45, 2.75) is 103 Å². The summed E-state index contributed by atoms with van der Waals surface area (Å²) in [6, 6.07) is 0. The van der Waals surface area contributed by atoms with E-state index in [0.717, 1.165) is 58.5 Å². The highest BCUT2D eigenvalue weighted by Crippen LogP contribution is 2.25. The van der Waals surface area contributed by atoms with Gasteiger partial charge in [-0.1, -0.05) is 26.2 Å². The summed E-state index contributed by atoms with van der Waals surface area (Å²) in [5.41, 5.74) is -1.51. The average molecular weight is 471 g/mol. The summed E-state index contributed by atoms with van der Waals surface area (Å²) in [5, 5.41) is 8.80. The topological polar surface area (TPSA) is 125 Å². The van der Waals surface area contributed by atoms with E-state index in [-0.39, 0.29) is 18.6 Å². The molecule has 0 heterocycles. The number of carboxylic acid groups (broad SMARTS) is 1. The lowest BCUT2D eigenvalue weighted by Gasteiger charge is -2.21. The minimum atomic E-state index is -1.51. The van der Waals surface area contributed by atoms with Gasteiger partial charge in [0.1, 0.15) is 12.2 Å². The highest BCUT2D eigenvalue weighted by Gasteiger charge is 2.42. The molecule has 9 nitrogen and oxygen atoms in total. The molecule has 1 unspecified atom stereocenters. The van der Waals surface area contributed by atoms with Crippen molar-refractivity contribution in [3.8, 4) is 0 Å². The number of hydrogen-bond donors (Lipinski definition) is 1. The Labute approximate surface area is 195 Å². The zero-order valence-electron chi connectivity index (χ0n) is 20.0. The number of carboxylic acids is 1. The Balaban J connectivity index is 0.000000366. The lowest BCUT2D eigenvalue weighted by atomic mass is 9.86. The van der Waals surface area contributed by atoms with Crippen LogP contribution >= 0.6 is 0 Å². The Bertz CT molecular complexity index is 627. The SMILES string of the molecule is CCCC(C)(C(=O)O)C(=O)OOC.O=C(/C=C\C(=O)OC1CCCCC1)OC1CCCCC1. The molecule has 188 valence electrons. The maximum atomic E-state index is 11.6. The van der Waals surface area contributed by atoms with Gasteiger partial charge in [0.2, 0.25) is 0 Å². The van der Waals surface area contributed by atoms with Crippen LogP contribution in [0.15, 0.2) is 12.2 Å². The van der Waals surface area contributed by atoms with Gasteiger partial charge in [-0.05, 0) is 64.7 Å². The van der Waals surface area contributed by atoms with Gasteiger partial charge in [-0.3, -0.25) is 9.68 Å². The largest absolute Gasteiger partial charge is 0.480 e. The third-order valence-corrected chi connectivity index (χ3v) is 5.86. The second-order valence-corrected chi connectivity index (χ2v) is 8.65. The Morgan fingerprint density at radius 3 is 1.61 bits per heavy atom. The van der Waals surface area contributed by atoms with E-state index in [1.54, 1.807) is 6.92 Å². The van der Waals surface area contributed by atoms with Crippen LogP contribution in [0.3, 0.4) is 0 Å². The molecule has 2 rings (SSSR count). The summed E-state index contributed by atoms with van der Waals surface area (Å²) in [6.45, 7) is 3.11. The first-order valence-electron chi connectivity index (χ1n) is 11.8. The summed E-state index contributed by atoms with van der Waals surface area (Å²) in [4.78, 5) is 53.5. The summed E-state index contributed by atoms with van der Waals surface area (Å²) in [5.74, 6) is -2.93. The zero-order valence-corrected chi connectivity index (χ0v) is 20.0. The maximum Gasteiger partial charge on any atom is 0.359 e. The van der Waals surface area contributed by atoms with Crippen molar-refractivity contribution >= 4 is 23.9 Å². The molecule has 0 bridgehead atoms. The summed E-state index contributed by atoms with van der Waals surface area (Å²) >= 11 is 0. The van der Waals surface area contributed by atoms with Crippen molar-refractivity contribution in [2.24, 2.45) is 5.41 Å². The van der Waals surface area contributed by atoms with Crippen molar-refractivity contribution in [3.63, 3.8) is 0 Å². The summed E-state index contributed by atoms with van der Waals surface area (Å²) in [6.07, 6.45) is 13.9. The molecule has 0 radical (unpaired) electrons. The van der Waals surface area contributed by atoms with Gasteiger partial charge < -0.3 is 14.6 Å². The van der Waals surface area contributed by atoms with Crippen LogP contribution in [0, 0.1) is 5.41 Å². The molecule has 0 aromatic heterocycles. The van der Waals surface area contributed by atoms with E-state index in [1.807, 2.05) is 0 Å². The molecule has 1 N–H and O–H groups in total. The maximum absolute atomic E-state index is 11.6. The van der Waals surface area contributed by atoms with Crippen LogP contribution < -0.4 is 0 Å². The van der Waals surface area contributed by atoms with Crippen LogP contribution in [-0.4, -0.2) is 48.3 Å². The first kappa shape index (κ1) is 28.6. The first-order chi connectivity index (χ1) is 15.7. The van der Waals surface area contributed by atoms with Gasteiger partial charge in [0.05, 0.1) is 7.11 Å². The molecule has 0 aromatic rings. The van der Waals surface area contributed by atoms with Crippen LogP contribution in [0.25, 0.3) is 0 Å². The molecular weight excluding hydrogens is 432 g/mol. The lowest BCUT2D eigenvalue weighted by molar-refractivity contribution is -0.264. The van der Waals surface area contributed by atoms with Crippen LogP contribution in [-0.2, 0) is 38.4 Å². The number of rotatable bonds is 9. The molecule has 0 aliphatic heterocycles. The molecule has 2 saturated carbocycles. The number of hydrogen-bond acceptors (Lipinski definition) is 8. The number of aliphatic carboxylic acids is 1. The molecule has 0 amide bonds. The fraction of sp³-hybridized carbons (Fsp3) is 0.750. The molecule has 33 heavy (non-hydrogen) atoms. The molecule has 9 heteroatoms. The smallest absolute Gasteiger partial charge is 0.359 e. The number of ether oxygens (including phenoxy) is 2. The molecule has 2 fully saturated rings. The van der Waals surface area contributed by atoms with E-state index >= 15 is 0 Å². The first-order valence-corrected chi connectivity index (χ1v) is 11.8. The molecule has 0 saturated heterocycles. The predicted octanol–water partition coefficient (Wildman–Crippen LogP) is 4.28. The fourth-order valence-corrected chi connectivity index (χ4v) is 3.87. The average Bonchev–Trinajstić information content (AvgIpc) is 2.79. The molecule has 0 spiro atoms. The number of esters is 2. The molecule has 1 atom stereocenters. The van der Waals surface area contributed by atoms with Gasteiger partial charge in [-0.2, -0.15) is 4.89 Å². The summed E-state index contributed by atoms with van der Waals surface area (Å²) in [7, 11) is 1.16. The standard InChI is InChI=1S/C16H24O4.C8H14O5/c17-15(19-13-7-3-1-4-8-13)11-12-16(18)20-14-9-5-2-6-10-14;1-4-5-8(2,6(9)10)7(11)13-12-3/h11-14H,1-10H2;4-5H2,1-3H3,(H,9,10)/b12-11-;. The third-order valence-electron chi connectivity index (χ3n) is 5.86. The fourth-order valence-electron chi connectivity index (χ4n) is 3.87. The van der Waals surface area contributed by atoms with Crippen molar-refractivity contribution in [1.82, 2.24) is 0 Å². The van der Waals surface area contributed by atoms with E-state index in [9.17, 15) is 19.2 Å². The van der Waals surface area contributed by atoms with Gasteiger partial charge in [0, 0.05) is 12.2 Å².